The smallest absolute Gasteiger partial charge is 0.310 e. The van der Waals surface area contributed by atoms with Crippen molar-refractivity contribution in [3.8, 4) is 0 Å². The van der Waals surface area contributed by atoms with Gasteiger partial charge in [0.2, 0.25) is 5.91 Å². The molecule has 3 aliphatic rings. The van der Waals surface area contributed by atoms with Crippen molar-refractivity contribution >= 4 is 51.2 Å². The summed E-state index contributed by atoms with van der Waals surface area (Å²) in [5.41, 5.74) is 2.74. The first-order chi connectivity index (χ1) is 17.5. The number of halogens is 1. The Morgan fingerprint density at radius 1 is 1.38 bits per heavy atom. The third kappa shape index (κ3) is 4.44. The highest BCUT2D eigenvalue weighted by Gasteiger charge is 2.76. The molecular formula is C28H37BrN2O5S. The molecule has 0 aromatic heterocycles. The van der Waals surface area contributed by atoms with Crippen LogP contribution in [0.1, 0.15) is 38.3 Å². The van der Waals surface area contributed by atoms with E-state index in [1.165, 1.54) is 0 Å². The number of aliphatic hydroxyl groups is 1. The van der Waals surface area contributed by atoms with Crippen LogP contribution in [0.3, 0.4) is 0 Å². The molecule has 9 heteroatoms. The highest BCUT2D eigenvalue weighted by Crippen LogP contribution is 2.68. The molecule has 3 unspecified atom stereocenters. The Morgan fingerprint density at radius 3 is 2.68 bits per heavy atom. The molecule has 2 amide bonds. The Kier molecular flexibility index (Phi) is 8.17. The molecule has 202 valence electrons. The largest absolute Gasteiger partial charge is 0.466 e. The monoisotopic (exact) mass is 592 g/mol. The van der Waals surface area contributed by atoms with Crippen molar-refractivity contribution in [2.75, 3.05) is 24.7 Å². The van der Waals surface area contributed by atoms with Crippen LogP contribution < -0.4 is 4.90 Å². The average Bonchev–Trinajstić information content (AvgIpc) is 3.43. The molecule has 3 aliphatic heterocycles. The van der Waals surface area contributed by atoms with Crippen molar-refractivity contribution in [1.82, 2.24) is 4.90 Å². The van der Waals surface area contributed by atoms with E-state index in [0.717, 1.165) is 16.8 Å². The van der Waals surface area contributed by atoms with E-state index in [1.807, 2.05) is 45.9 Å². The van der Waals surface area contributed by atoms with E-state index in [-0.39, 0.29) is 53.5 Å². The van der Waals surface area contributed by atoms with E-state index in [4.69, 9.17) is 4.74 Å². The van der Waals surface area contributed by atoms with Crippen LogP contribution in [0.15, 0.2) is 30.9 Å². The first kappa shape index (κ1) is 28.2. The lowest BCUT2D eigenvalue weighted by Crippen LogP contribution is -2.59. The number of nitrogens with zero attached hydrogens (tertiary/aromatic N) is 2. The summed E-state index contributed by atoms with van der Waals surface area (Å²) in [6.45, 7) is 13.7. The zero-order valence-electron chi connectivity index (χ0n) is 22.1. The van der Waals surface area contributed by atoms with E-state index < -0.39 is 28.7 Å². The van der Waals surface area contributed by atoms with Gasteiger partial charge in [-0.1, -0.05) is 48.0 Å². The summed E-state index contributed by atoms with van der Waals surface area (Å²) in [5.74, 6) is -2.24. The SMILES string of the molecule is C=CCN(C(=O)C1N([C@@H](CO)C(C)C)C(=O)[C@@H]2[C@H](C(=O)OCC)[C@H]3SC12CC3Br)c1cc(C)ccc1C. The first-order valence-corrected chi connectivity index (χ1v) is 14.7. The van der Waals surface area contributed by atoms with Gasteiger partial charge in [-0.15, -0.1) is 18.3 Å². The predicted octanol–water partition coefficient (Wildman–Crippen LogP) is 3.87. The maximum absolute atomic E-state index is 14.7. The van der Waals surface area contributed by atoms with E-state index in [9.17, 15) is 19.5 Å². The zero-order valence-corrected chi connectivity index (χ0v) is 24.5. The molecule has 0 saturated carbocycles. The number of hydrogen-bond acceptors (Lipinski definition) is 6. The molecule has 1 aromatic carbocycles. The third-order valence-electron chi connectivity index (χ3n) is 8.07. The van der Waals surface area contributed by atoms with Gasteiger partial charge in [0.05, 0.1) is 35.8 Å². The molecule has 0 radical (unpaired) electrons. The first-order valence-electron chi connectivity index (χ1n) is 12.9. The molecule has 0 aliphatic carbocycles. The van der Waals surface area contributed by atoms with Crippen molar-refractivity contribution in [2.24, 2.45) is 17.8 Å². The van der Waals surface area contributed by atoms with Crippen molar-refractivity contribution in [1.29, 1.82) is 0 Å². The number of hydrogen-bond donors (Lipinski definition) is 1. The number of carbonyl (C=O) groups is 3. The number of thioether (sulfide) groups is 1. The number of benzene rings is 1. The average molecular weight is 594 g/mol. The zero-order chi connectivity index (χ0) is 27.2. The van der Waals surface area contributed by atoms with E-state index in [1.54, 1.807) is 34.6 Å². The summed E-state index contributed by atoms with van der Waals surface area (Å²) in [6.07, 6.45) is 2.27. The van der Waals surface area contributed by atoms with Gasteiger partial charge in [-0.05, 0) is 50.3 Å². The van der Waals surface area contributed by atoms with Gasteiger partial charge in [-0.2, -0.15) is 0 Å². The lowest BCUT2D eigenvalue weighted by Gasteiger charge is -2.41. The maximum atomic E-state index is 14.7. The molecular weight excluding hydrogens is 556 g/mol. The molecule has 1 N–H and O–H groups in total. The summed E-state index contributed by atoms with van der Waals surface area (Å²) < 4.78 is 4.63. The molecule has 7 nitrogen and oxygen atoms in total. The highest BCUT2D eigenvalue weighted by molar-refractivity contribution is 9.09. The second-order valence-corrected chi connectivity index (χ2v) is 13.4. The quantitative estimate of drug-likeness (QED) is 0.266. The minimum atomic E-state index is -0.834. The summed E-state index contributed by atoms with van der Waals surface area (Å²) in [4.78, 5) is 45.4. The van der Waals surface area contributed by atoms with Gasteiger partial charge in [-0.25, -0.2) is 0 Å². The van der Waals surface area contributed by atoms with Crippen molar-refractivity contribution in [3.63, 3.8) is 0 Å². The van der Waals surface area contributed by atoms with Crippen LogP contribution in [0, 0.1) is 31.6 Å². The summed E-state index contributed by atoms with van der Waals surface area (Å²) >= 11 is 5.35. The number of aryl methyl sites for hydroxylation is 2. The molecule has 1 spiro atoms. The number of anilines is 1. The minimum absolute atomic E-state index is 0.0357. The van der Waals surface area contributed by atoms with E-state index in [0.29, 0.717) is 6.42 Å². The van der Waals surface area contributed by atoms with Crippen molar-refractivity contribution < 1.29 is 24.2 Å². The predicted molar refractivity (Wildman–Crippen MR) is 150 cm³/mol. The molecule has 2 bridgehead atoms. The normalized spacial score (nSPS) is 31.0. The number of esters is 1. The van der Waals surface area contributed by atoms with Gasteiger partial charge in [0.1, 0.15) is 6.04 Å². The number of aliphatic hydroxyl groups excluding tert-OH is 1. The number of carbonyl (C=O) groups excluding carboxylic acids is 3. The van der Waals surface area contributed by atoms with Crippen LogP contribution in [0.5, 0.6) is 0 Å². The Morgan fingerprint density at radius 2 is 2.08 bits per heavy atom. The Bertz CT molecular complexity index is 1100. The van der Waals surface area contributed by atoms with Gasteiger partial charge in [0, 0.05) is 22.3 Å². The fourth-order valence-electron chi connectivity index (χ4n) is 6.43. The molecule has 3 saturated heterocycles. The lowest BCUT2D eigenvalue weighted by atomic mass is 9.71. The summed E-state index contributed by atoms with van der Waals surface area (Å²) in [6, 6.07) is 4.58. The summed E-state index contributed by atoms with van der Waals surface area (Å²) in [7, 11) is 0. The van der Waals surface area contributed by atoms with Crippen molar-refractivity contribution in [2.45, 2.75) is 67.9 Å². The van der Waals surface area contributed by atoms with Crippen LogP contribution in [-0.2, 0) is 19.1 Å². The Labute approximate surface area is 232 Å². The molecule has 3 fully saturated rings. The summed E-state index contributed by atoms with van der Waals surface area (Å²) in [5, 5.41) is 10.3. The molecule has 1 aromatic rings. The van der Waals surface area contributed by atoms with Crippen molar-refractivity contribution in [3.05, 3.63) is 42.0 Å². The second-order valence-electron chi connectivity index (χ2n) is 10.7. The molecule has 37 heavy (non-hydrogen) atoms. The Hall–Kier alpha value is -1.84. The van der Waals surface area contributed by atoms with Crippen LogP contribution in [0.4, 0.5) is 5.69 Å². The van der Waals surface area contributed by atoms with E-state index >= 15 is 0 Å². The standard InChI is InChI=1S/C28H37BrN2O5S/c1-7-11-30(19-12-16(5)9-10-17(19)6)26(34)24-28-13-18(29)23(37-28)21(27(35)36-8-2)22(28)25(33)31(24)20(14-32)15(3)4/h7,9-10,12,15,18,20-24,32H,1,8,11,13-14H2,2-6H3/t18?,20-,21-,22-,23-,24?,28?/m0/s1. The number of amides is 2. The molecule has 3 heterocycles. The van der Waals surface area contributed by atoms with Crippen LogP contribution in [0.2, 0.25) is 0 Å². The molecule has 7 atom stereocenters. The molecule has 4 rings (SSSR count). The topological polar surface area (TPSA) is 87.2 Å². The van der Waals surface area contributed by atoms with Crippen LogP contribution >= 0.6 is 27.7 Å². The van der Waals surface area contributed by atoms with Crippen LogP contribution in [-0.4, -0.2) is 74.5 Å². The minimum Gasteiger partial charge on any atom is -0.466 e. The third-order valence-corrected chi connectivity index (χ3v) is 11.3. The Balaban J connectivity index is 1.88. The number of likely N-dealkylation sites (tertiary alicyclic amines) is 1. The number of alkyl halides is 1. The van der Waals surface area contributed by atoms with Gasteiger partial charge in [-0.3, -0.25) is 14.4 Å². The van der Waals surface area contributed by atoms with Gasteiger partial charge in [0.25, 0.3) is 5.91 Å². The van der Waals surface area contributed by atoms with Gasteiger partial charge >= 0.3 is 5.97 Å². The number of rotatable bonds is 9. The van der Waals surface area contributed by atoms with E-state index in [2.05, 4.69) is 22.5 Å². The second kappa shape index (κ2) is 10.7. The number of ether oxygens (including phenoxy) is 1. The fraction of sp³-hybridized carbons (Fsp3) is 0.607. The fourth-order valence-corrected chi connectivity index (χ4v) is 10.0. The maximum Gasteiger partial charge on any atom is 0.310 e. The number of fused-ring (bicyclic) bond motifs is 1. The lowest BCUT2D eigenvalue weighted by molar-refractivity contribution is -0.154. The van der Waals surface area contributed by atoms with Crippen LogP contribution in [0.25, 0.3) is 0 Å². The van der Waals surface area contributed by atoms with Gasteiger partial charge < -0.3 is 19.6 Å². The highest BCUT2D eigenvalue weighted by atomic mass is 79.9. The van der Waals surface area contributed by atoms with Gasteiger partial charge in [0.15, 0.2) is 0 Å².